The van der Waals surface area contributed by atoms with E-state index < -0.39 is 18.0 Å². The number of H-pyrrole nitrogens is 1. The first-order chi connectivity index (χ1) is 15.5. The van der Waals surface area contributed by atoms with E-state index in [4.69, 9.17) is 16.0 Å². The van der Waals surface area contributed by atoms with E-state index in [0.717, 1.165) is 16.5 Å². The number of aliphatic imine (C=N–C) groups is 1. The number of carbonyl (C=O) groups is 2. The number of hydrogen-bond acceptors (Lipinski definition) is 4. The third-order valence-electron chi connectivity index (χ3n) is 5.39. The van der Waals surface area contributed by atoms with Gasteiger partial charge in [0.15, 0.2) is 0 Å². The average Bonchev–Trinajstić information content (AvgIpc) is 3.43. The molecule has 0 saturated carbocycles. The van der Waals surface area contributed by atoms with Gasteiger partial charge in [-0.15, -0.1) is 0 Å². The Hall–Kier alpha value is -3.91. The molecule has 0 fully saturated rings. The minimum absolute atomic E-state index is 0.302. The van der Waals surface area contributed by atoms with Crippen LogP contribution >= 0.6 is 11.6 Å². The van der Waals surface area contributed by atoms with E-state index >= 15 is 0 Å². The number of furan rings is 1. The molecule has 0 aliphatic carbocycles. The maximum Gasteiger partial charge on any atom is 0.341 e. The molecule has 32 heavy (non-hydrogen) atoms. The van der Waals surface area contributed by atoms with Crippen LogP contribution in [0.3, 0.4) is 0 Å². The number of carbonyl (C=O) groups excluding carboxylic acids is 2. The van der Waals surface area contributed by atoms with Crippen molar-refractivity contribution >= 4 is 45.8 Å². The zero-order chi connectivity index (χ0) is 22.2. The maximum absolute atomic E-state index is 13.2. The number of halogens is 1. The van der Waals surface area contributed by atoms with Crippen LogP contribution in [0, 0.1) is 5.92 Å². The Morgan fingerprint density at radius 2 is 1.94 bits per heavy atom. The van der Waals surface area contributed by atoms with Crippen molar-refractivity contribution in [2.24, 2.45) is 10.9 Å². The van der Waals surface area contributed by atoms with Gasteiger partial charge in [0.1, 0.15) is 23.5 Å². The summed E-state index contributed by atoms with van der Waals surface area (Å²) in [6, 6.07) is 15.0. The standard InChI is InChI=1S/C23H18ClN5O3/c1-12-20(22(30)27-16-6-7-17-14(10-16)11-25-29-17)21(28-23(31)26-12)19-9-8-18(32-19)13-2-4-15(24)5-3-13/h2-11,20-21H,1H3,(H,25,29)(H,27,30)(H,28,31). The maximum atomic E-state index is 13.2. The Balaban J connectivity index is 1.44. The van der Waals surface area contributed by atoms with Crippen LogP contribution in [-0.4, -0.2) is 27.8 Å². The number of aromatic nitrogens is 2. The summed E-state index contributed by atoms with van der Waals surface area (Å²) < 4.78 is 6.02. The minimum atomic E-state index is -0.739. The number of urea groups is 1. The van der Waals surface area contributed by atoms with Crippen LogP contribution in [0.15, 0.2) is 70.2 Å². The highest BCUT2D eigenvalue weighted by Crippen LogP contribution is 2.33. The smallest absolute Gasteiger partial charge is 0.341 e. The van der Waals surface area contributed by atoms with Gasteiger partial charge in [0.05, 0.1) is 11.7 Å². The Kier molecular flexibility index (Phi) is 4.99. The van der Waals surface area contributed by atoms with Crippen molar-refractivity contribution in [3.05, 3.63) is 71.6 Å². The van der Waals surface area contributed by atoms with E-state index in [9.17, 15) is 9.59 Å². The van der Waals surface area contributed by atoms with Gasteiger partial charge < -0.3 is 15.1 Å². The highest BCUT2D eigenvalue weighted by atomic mass is 35.5. The van der Waals surface area contributed by atoms with Crippen molar-refractivity contribution < 1.29 is 14.0 Å². The topological polar surface area (TPSA) is 112 Å². The van der Waals surface area contributed by atoms with Crippen LogP contribution in [0.25, 0.3) is 22.2 Å². The lowest BCUT2D eigenvalue weighted by Gasteiger charge is -2.28. The molecule has 0 radical (unpaired) electrons. The van der Waals surface area contributed by atoms with E-state index in [2.05, 4.69) is 25.8 Å². The molecule has 160 valence electrons. The van der Waals surface area contributed by atoms with Crippen molar-refractivity contribution in [1.82, 2.24) is 15.5 Å². The SMILES string of the molecule is CC1=NC(=O)NC(c2ccc(-c3ccc(Cl)cc3)o2)C1C(=O)Nc1ccc2[nH]ncc2c1. The molecule has 2 aromatic carbocycles. The Labute approximate surface area is 187 Å². The second-order valence-corrected chi connectivity index (χ2v) is 7.96. The number of hydrogen-bond donors (Lipinski definition) is 3. The molecule has 2 atom stereocenters. The van der Waals surface area contributed by atoms with Gasteiger partial charge in [-0.1, -0.05) is 11.6 Å². The zero-order valence-corrected chi connectivity index (χ0v) is 17.7. The first-order valence-electron chi connectivity index (χ1n) is 9.93. The lowest BCUT2D eigenvalue weighted by Crippen LogP contribution is -2.45. The summed E-state index contributed by atoms with van der Waals surface area (Å²) in [5.41, 5.74) is 2.73. The predicted octanol–water partition coefficient (Wildman–Crippen LogP) is 4.96. The van der Waals surface area contributed by atoms with Crippen molar-refractivity contribution in [3.63, 3.8) is 0 Å². The third-order valence-corrected chi connectivity index (χ3v) is 5.64. The van der Waals surface area contributed by atoms with Crippen molar-refractivity contribution in [2.75, 3.05) is 5.32 Å². The van der Waals surface area contributed by atoms with Gasteiger partial charge in [0, 0.05) is 27.4 Å². The molecule has 3 N–H and O–H groups in total. The molecule has 0 saturated heterocycles. The van der Waals surface area contributed by atoms with Crippen molar-refractivity contribution in [2.45, 2.75) is 13.0 Å². The molecule has 4 aromatic rings. The van der Waals surface area contributed by atoms with E-state index in [1.165, 1.54) is 0 Å². The highest BCUT2D eigenvalue weighted by Gasteiger charge is 2.38. The second kappa shape index (κ2) is 7.97. The van der Waals surface area contributed by atoms with Gasteiger partial charge in [0.2, 0.25) is 5.91 Å². The predicted molar refractivity (Wildman–Crippen MR) is 122 cm³/mol. The molecule has 2 aromatic heterocycles. The number of nitrogens with one attached hydrogen (secondary N) is 3. The molecule has 3 amide bonds. The van der Waals surface area contributed by atoms with Gasteiger partial charge in [-0.05, 0) is 61.5 Å². The molecule has 0 spiro atoms. The molecular formula is C23H18ClN5O3. The summed E-state index contributed by atoms with van der Waals surface area (Å²) in [5.74, 6) is 0.0270. The van der Waals surface area contributed by atoms with Gasteiger partial charge in [-0.2, -0.15) is 5.10 Å². The van der Waals surface area contributed by atoms with Gasteiger partial charge in [-0.25, -0.2) is 9.79 Å². The number of amides is 3. The van der Waals surface area contributed by atoms with Gasteiger partial charge in [-0.3, -0.25) is 9.89 Å². The molecular weight excluding hydrogens is 430 g/mol. The van der Waals surface area contributed by atoms with Crippen LogP contribution in [-0.2, 0) is 4.79 Å². The fraction of sp³-hybridized carbons (Fsp3) is 0.130. The fourth-order valence-corrected chi connectivity index (χ4v) is 3.95. The van der Waals surface area contributed by atoms with Gasteiger partial charge >= 0.3 is 6.03 Å². The van der Waals surface area contributed by atoms with Crippen LogP contribution < -0.4 is 10.6 Å². The first kappa shape index (κ1) is 20.0. The van der Waals surface area contributed by atoms with E-state index in [1.54, 1.807) is 43.5 Å². The number of anilines is 1. The normalized spacial score (nSPS) is 18.3. The summed E-state index contributed by atoms with van der Waals surface area (Å²) in [4.78, 5) is 29.3. The lowest BCUT2D eigenvalue weighted by molar-refractivity contribution is -0.118. The first-order valence-corrected chi connectivity index (χ1v) is 10.3. The van der Waals surface area contributed by atoms with E-state index in [1.807, 2.05) is 24.3 Å². The number of fused-ring (bicyclic) bond motifs is 1. The zero-order valence-electron chi connectivity index (χ0n) is 16.9. The largest absolute Gasteiger partial charge is 0.459 e. The third kappa shape index (κ3) is 3.76. The molecule has 1 aliphatic rings. The summed E-state index contributed by atoms with van der Waals surface area (Å²) in [6.07, 6.45) is 1.68. The molecule has 8 nitrogen and oxygen atoms in total. The lowest BCUT2D eigenvalue weighted by atomic mass is 9.90. The molecule has 0 bridgehead atoms. The fourth-order valence-electron chi connectivity index (χ4n) is 3.83. The van der Waals surface area contributed by atoms with Gasteiger partial charge in [0.25, 0.3) is 0 Å². The Morgan fingerprint density at radius 3 is 2.75 bits per heavy atom. The number of benzene rings is 2. The van der Waals surface area contributed by atoms with E-state index in [-0.39, 0.29) is 5.91 Å². The quantitative estimate of drug-likeness (QED) is 0.410. The number of aromatic amines is 1. The number of nitrogens with zero attached hydrogens (tertiary/aromatic N) is 2. The van der Waals surface area contributed by atoms with Crippen molar-refractivity contribution in [3.8, 4) is 11.3 Å². The molecule has 9 heteroatoms. The molecule has 1 aliphatic heterocycles. The summed E-state index contributed by atoms with van der Waals surface area (Å²) in [5, 5.41) is 14.0. The summed E-state index contributed by atoms with van der Waals surface area (Å²) >= 11 is 5.96. The van der Waals surface area contributed by atoms with Crippen molar-refractivity contribution in [1.29, 1.82) is 0 Å². The highest BCUT2D eigenvalue weighted by molar-refractivity contribution is 6.30. The number of rotatable bonds is 4. The minimum Gasteiger partial charge on any atom is -0.459 e. The summed E-state index contributed by atoms with van der Waals surface area (Å²) in [7, 11) is 0. The average molecular weight is 448 g/mol. The van der Waals surface area contributed by atoms with Crippen LogP contribution in [0.2, 0.25) is 5.02 Å². The van der Waals surface area contributed by atoms with Crippen LogP contribution in [0.4, 0.5) is 10.5 Å². The molecule has 3 heterocycles. The van der Waals surface area contributed by atoms with Crippen LogP contribution in [0.5, 0.6) is 0 Å². The van der Waals surface area contributed by atoms with Crippen LogP contribution in [0.1, 0.15) is 18.7 Å². The molecule has 5 rings (SSSR count). The summed E-state index contributed by atoms with van der Waals surface area (Å²) in [6.45, 7) is 1.66. The molecule has 2 unspecified atom stereocenters. The monoisotopic (exact) mass is 447 g/mol. The Bertz CT molecular complexity index is 1360. The second-order valence-electron chi connectivity index (χ2n) is 7.53. The van der Waals surface area contributed by atoms with E-state index in [0.29, 0.717) is 27.9 Å². The Morgan fingerprint density at radius 1 is 1.12 bits per heavy atom.